The quantitative estimate of drug-likeness (QED) is 0.126. The van der Waals surface area contributed by atoms with Gasteiger partial charge in [-0.1, -0.05) is 113 Å². The minimum atomic E-state index is -0.280. The Morgan fingerprint density at radius 2 is 1.19 bits per heavy atom. The Morgan fingerprint density at radius 3 is 1.85 bits per heavy atom. The van der Waals surface area contributed by atoms with Crippen LogP contribution in [-0.2, 0) is 9.53 Å². The highest BCUT2D eigenvalue weighted by atomic mass is 16.5. The summed E-state index contributed by atoms with van der Waals surface area (Å²) >= 11 is 0. The largest absolute Gasteiger partial charge is 0.463 e. The first-order valence-electron chi connectivity index (χ1n) is 10.3. The number of ether oxygens (including phenoxy) is 1. The van der Waals surface area contributed by atoms with E-state index in [9.17, 15) is 4.79 Å². The van der Waals surface area contributed by atoms with Gasteiger partial charge < -0.3 is 4.74 Å². The van der Waals surface area contributed by atoms with E-state index in [1.807, 2.05) is 36.5 Å². The summed E-state index contributed by atoms with van der Waals surface area (Å²) in [7, 11) is 0. The zero-order chi connectivity index (χ0) is 19.1. The molecule has 0 N–H and O–H groups in total. The van der Waals surface area contributed by atoms with E-state index < -0.39 is 0 Å². The number of hydrogen-bond donors (Lipinski definition) is 0. The molecule has 0 saturated carbocycles. The Kier molecular flexibility index (Phi) is 19.7. The van der Waals surface area contributed by atoms with E-state index in [0.717, 1.165) is 12.8 Å². The van der Waals surface area contributed by atoms with Crippen LogP contribution in [-0.4, -0.2) is 12.6 Å². The van der Waals surface area contributed by atoms with Crippen LogP contribution in [0.4, 0.5) is 0 Å². The minimum absolute atomic E-state index is 0.280. The molecule has 0 aliphatic heterocycles. The number of allylic oxidation sites excluding steroid dienone is 9. The van der Waals surface area contributed by atoms with E-state index in [-0.39, 0.29) is 5.97 Å². The highest BCUT2D eigenvalue weighted by molar-refractivity contribution is 5.82. The maximum atomic E-state index is 11.3. The number of hydrogen-bond acceptors (Lipinski definition) is 2. The second-order valence-electron chi connectivity index (χ2n) is 6.37. The Morgan fingerprint density at radius 1 is 0.654 bits per heavy atom. The lowest BCUT2D eigenvalue weighted by molar-refractivity contribution is -0.137. The van der Waals surface area contributed by atoms with Gasteiger partial charge in [-0.05, 0) is 19.3 Å². The fourth-order valence-corrected chi connectivity index (χ4v) is 2.28. The molecule has 0 fully saturated rings. The number of unbranched alkanes of at least 4 members (excludes halogenated alkanes) is 8. The average Bonchev–Trinajstić information content (AvgIpc) is 2.64. The zero-order valence-electron chi connectivity index (χ0n) is 16.9. The van der Waals surface area contributed by atoms with Crippen LogP contribution < -0.4 is 0 Å². The Balaban J connectivity index is 3.61. The molecule has 0 radical (unpaired) electrons. The van der Waals surface area contributed by atoms with Gasteiger partial charge in [-0.15, -0.1) is 0 Å². The SMILES string of the molecule is CCCCCCCCC/C=C/C=C/C=C/C=C/C=C/C(=O)OCCCC. The Hall–Kier alpha value is -1.83. The van der Waals surface area contributed by atoms with Crippen molar-refractivity contribution in [2.75, 3.05) is 6.61 Å². The number of carbonyl (C=O) groups excluding carboxylic acids is 1. The molecule has 2 nitrogen and oxygen atoms in total. The summed E-state index contributed by atoms with van der Waals surface area (Å²) in [4.78, 5) is 11.3. The van der Waals surface area contributed by atoms with E-state index >= 15 is 0 Å². The summed E-state index contributed by atoms with van der Waals surface area (Å²) in [5.74, 6) is -0.280. The molecule has 146 valence electrons. The Bertz CT molecular complexity index is 453. The topological polar surface area (TPSA) is 26.3 Å². The van der Waals surface area contributed by atoms with Gasteiger partial charge >= 0.3 is 5.97 Å². The lowest BCUT2D eigenvalue weighted by Gasteiger charge is -1.98. The van der Waals surface area contributed by atoms with Crippen molar-refractivity contribution < 1.29 is 9.53 Å². The van der Waals surface area contributed by atoms with Crippen molar-refractivity contribution in [1.29, 1.82) is 0 Å². The van der Waals surface area contributed by atoms with Gasteiger partial charge in [0.15, 0.2) is 0 Å². The number of carbonyl (C=O) groups is 1. The van der Waals surface area contributed by atoms with Gasteiger partial charge in [-0.25, -0.2) is 4.79 Å². The molecule has 2 heteroatoms. The molecule has 0 aromatic heterocycles. The van der Waals surface area contributed by atoms with Crippen LogP contribution >= 0.6 is 0 Å². The van der Waals surface area contributed by atoms with Crippen LogP contribution in [0.15, 0.2) is 60.8 Å². The predicted octanol–water partition coefficient (Wildman–Crippen LogP) is 7.25. The summed E-state index contributed by atoms with van der Waals surface area (Å²) in [6, 6.07) is 0. The lowest BCUT2D eigenvalue weighted by Crippen LogP contribution is -2.01. The number of esters is 1. The molecule has 0 aliphatic carbocycles. The summed E-state index contributed by atoms with van der Waals surface area (Å²) < 4.78 is 5.01. The van der Waals surface area contributed by atoms with Crippen LogP contribution in [0.25, 0.3) is 0 Å². The molecule has 0 heterocycles. The highest BCUT2D eigenvalue weighted by Gasteiger charge is 1.93. The lowest BCUT2D eigenvalue weighted by atomic mass is 10.1. The van der Waals surface area contributed by atoms with Crippen LogP contribution in [0, 0.1) is 0 Å². The van der Waals surface area contributed by atoms with Crippen LogP contribution in [0.5, 0.6) is 0 Å². The Labute approximate surface area is 161 Å². The monoisotopic (exact) mass is 358 g/mol. The van der Waals surface area contributed by atoms with E-state index in [4.69, 9.17) is 4.74 Å². The fraction of sp³-hybridized carbons (Fsp3) is 0.542. The van der Waals surface area contributed by atoms with Crippen molar-refractivity contribution in [2.45, 2.75) is 78.1 Å². The van der Waals surface area contributed by atoms with E-state index in [1.165, 1.54) is 57.4 Å². The van der Waals surface area contributed by atoms with Gasteiger partial charge in [-0.3, -0.25) is 0 Å². The van der Waals surface area contributed by atoms with Gasteiger partial charge in [0.25, 0.3) is 0 Å². The zero-order valence-corrected chi connectivity index (χ0v) is 16.9. The van der Waals surface area contributed by atoms with Gasteiger partial charge in [0.2, 0.25) is 0 Å². The molecule has 0 amide bonds. The van der Waals surface area contributed by atoms with Gasteiger partial charge in [0.1, 0.15) is 0 Å². The molecule has 0 bridgehead atoms. The standard InChI is InChI=1S/C24H38O2/c1-3-5-7-8-9-10-11-12-13-14-15-16-17-18-19-20-21-22-24(25)26-23-6-4-2/h13-22H,3-12,23H2,1-2H3/b14-13+,16-15+,18-17+,20-19+,22-21+. The summed E-state index contributed by atoms with van der Waals surface area (Å²) in [5.41, 5.74) is 0. The molecule has 0 atom stereocenters. The van der Waals surface area contributed by atoms with E-state index in [1.54, 1.807) is 6.08 Å². The summed E-state index contributed by atoms with van der Waals surface area (Å²) in [5, 5.41) is 0. The summed E-state index contributed by atoms with van der Waals surface area (Å²) in [6.07, 6.45) is 31.8. The number of rotatable bonds is 16. The molecule has 0 saturated heterocycles. The van der Waals surface area contributed by atoms with Crippen LogP contribution in [0.2, 0.25) is 0 Å². The summed E-state index contributed by atoms with van der Waals surface area (Å²) in [6.45, 7) is 4.83. The third-order valence-corrected chi connectivity index (χ3v) is 3.86. The first kappa shape index (κ1) is 24.2. The first-order chi connectivity index (χ1) is 12.8. The highest BCUT2D eigenvalue weighted by Crippen LogP contribution is 2.08. The first-order valence-corrected chi connectivity index (χ1v) is 10.3. The molecular formula is C24H38O2. The minimum Gasteiger partial charge on any atom is -0.463 e. The van der Waals surface area contributed by atoms with Gasteiger partial charge in [0, 0.05) is 6.08 Å². The van der Waals surface area contributed by atoms with E-state index in [0.29, 0.717) is 6.61 Å². The average molecular weight is 359 g/mol. The van der Waals surface area contributed by atoms with Crippen molar-refractivity contribution in [2.24, 2.45) is 0 Å². The second kappa shape index (κ2) is 21.2. The molecule has 26 heavy (non-hydrogen) atoms. The molecule has 0 rings (SSSR count). The fourth-order valence-electron chi connectivity index (χ4n) is 2.28. The van der Waals surface area contributed by atoms with Crippen molar-refractivity contribution in [1.82, 2.24) is 0 Å². The normalized spacial score (nSPS) is 12.5. The third-order valence-electron chi connectivity index (χ3n) is 3.86. The van der Waals surface area contributed by atoms with Crippen molar-refractivity contribution >= 4 is 5.97 Å². The maximum absolute atomic E-state index is 11.3. The van der Waals surface area contributed by atoms with Crippen molar-refractivity contribution in [3.63, 3.8) is 0 Å². The van der Waals surface area contributed by atoms with Crippen molar-refractivity contribution in [3.8, 4) is 0 Å². The molecule has 0 unspecified atom stereocenters. The van der Waals surface area contributed by atoms with Gasteiger partial charge in [0.05, 0.1) is 6.61 Å². The van der Waals surface area contributed by atoms with Gasteiger partial charge in [-0.2, -0.15) is 0 Å². The third kappa shape index (κ3) is 20.2. The smallest absolute Gasteiger partial charge is 0.330 e. The second-order valence-corrected chi connectivity index (χ2v) is 6.37. The molecule has 0 aromatic carbocycles. The van der Waals surface area contributed by atoms with Crippen molar-refractivity contribution in [3.05, 3.63) is 60.8 Å². The molecule has 0 aliphatic rings. The molecular weight excluding hydrogens is 320 g/mol. The molecule has 0 aromatic rings. The van der Waals surface area contributed by atoms with Crippen LogP contribution in [0.3, 0.4) is 0 Å². The molecule has 0 spiro atoms. The van der Waals surface area contributed by atoms with Crippen LogP contribution in [0.1, 0.15) is 78.1 Å². The maximum Gasteiger partial charge on any atom is 0.330 e. The predicted molar refractivity (Wildman–Crippen MR) is 114 cm³/mol. The van der Waals surface area contributed by atoms with E-state index in [2.05, 4.69) is 26.0 Å².